The highest BCUT2D eigenvalue weighted by atomic mass is 16.6. The van der Waals surface area contributed by atoms with Gasteiger partial charge in [0.15, 0.2) is 0 Å². The molecule has 0 fully saturated rings. The summed E-state index contributed by atoms with van der Waals surface area (Å²) in [6.45, 7) is 5.77. The van der Waals surface area contributed by atoms with E-state index in [0.717, 1.165) is 10.9 Å². The maximum Gasteiger partial charge on any atom is 0.419 e. The second-order valence-electron chi connectivity index (χ2n) is 5.09. The van der Waals surface area contributed by atoms with Crippen LogP contribution in [0.4, 0.5) is 4.79 Å². The normalized spacial score (nSPS) is 11.8. The largest absolute Gasteiger partial charge is 0.443 e. The van der Waals surface area contributed by atoms with Crippen LogP contribution in [0.5, 0.6) is 0 Å². The van der Waals surface area contributed by atoms with Crippen molar-refractivity contribution >= 4 is 17.0 Å². The molecule has 0 saturated heterocycles. The fourth-order valence-corrected chi connectivity index (χ4v) is 1.79. The van der Waals surface area contributed by atoms with Crippen LogP contribution in [0.15, 0.2) is 24.5 Å². The van der Waals surface area contributed by atoms with Crippen molar-refractivity contribution in [1.29, 1.82) is 0 Å². The van der Waals surface area contributed by atoms with E-state index in [0.29, 0.717) is 5.69 Å². The van der Waals surface area contributed by atoms with Gasteiger partial charge in [-0.25, -0.2) is 9.36 Å². The van der Waals surface area contributed by atoms with Crippen LogP contribution in [0.1, 0.15) is 26.5 Å². The molecule has 2 aromatic rings. The minimum Gasteiger partial charge on any atom is -0.443 e. The first-order valence-corrected chi connectivity index (χ1v) is 5.80. The molecule has 5 heteroatoms. The molecule has 0 aromatic carbocycles. The number of hydrogen-bond acceptors (Lipinski definition) is 4. The van der Waals surface area contributed by atoms with Crippen LogP contribution >= 0.6 is 0 Å². The van der Waals surface area contributed by atoms with Crippen molar-refractivity contribution in [3.05, 3.63) is 30.2 Å². The minimum absolute atomic E-state index is 0.272. The van der Waals surface area contributed by atoms with Gasteiger partial charge in [0.05, 0.1) is 5.52 Å². The second kappa shape index (κ2) is 4.42. The molecule has 2 rings (SSSR count). The number of carbonyl (C=O) groups excluding carboxylic acids is 1. The lowest BCUT2D eigenvalue weighted by Gasteiger charge is -2.20. The summed E-state index contributed by atoms with van der Waals surface area (Å²) in [7, 11) is 0. The number of carbonyl (C=O) groups is 1. The third-order valence-electron chi connectivity index (χ3n) is 2.46. The van der Waals surface area contributed by atoms with E-state index in [1.165, 1.54) is 4.57 Å². The molecule has 0 unspecified atom stereocenters. The number of ether oxygens (including phenoxy) is 1. The van der Waals surface area contributed by atoms with E-state index >= 15 is 0 Å². The number of aromatic nitrogens is 2. The quantitative estimate of drug-likeness (QED) is 0.839. The van der Waals surface area contributed by atoms with E-state index in [2.05, 4.69) is 4.98 Å². The molecule has 0 aliphatic rings. The lowest BCUT2D eigenvalue weighted by Crippen LogP contribution is -2.28. The second-order valence-corrected chi connectivity index (χ2v) is 5.09. The third-order valence-corrected chi connectivity index (χ3v) is 2.46. The van der Waals surface area contributed by atoms with Crippen LogP contribution in [0.2, 0.25) is 0 Å². The van der Waals surface area contributed by atoms with Crippen LogP contribution in [-0.2, 0) is 11.3 Å². The molecule has 0 amide bonds. The van der Waals surface area contributed by atoms with Crippen LogP contribution in [-0.4, -0.2) is 21.2 Å². The average Bonchev–Trinajstić information content (AvgIpc) is 2.64. The molecule has 0 saturated carbocycles. The van der Waals surface area contributed by atoms with Gasteiger partial charge < -0.3 is 10.5 Å². The zero-order chi connectivity index (χ0) is 13.3. The van der Waals surface area contributed by atoms with Gasteiger partial charge in [-0.15, -0.1) is 0 Å². The molecule has 2 aromatic heterocycles. The standard InChI is InChI=1S/C13H17N3O2/c1-13(2,3)18-12(17)16-10(7-14)6-9-8-15-5-4-11(9)16/h4-6,8H,7,14H2,1-3H3. The van der Waals surface area contributed by atoms with Gasteiger partial charge in [0.25, 0.3) is 0 Å². The van der Waals surface area contributed by atoms with E-state index in [9.17, 15) is 4.79 Å². The van der Waals surface area contributed by atoms with E-state index in [-0.39, 0.29) is 6.54 Å². The first-order chi connectivity index (χ1) is 8.42. The molecule has 0 atom stereocenters. The molecule has 2 heterocycles. The molecule has 2 N–H and O–H groups in total. The fourth-order valence-electron chi connectivity index (χ4n) is 1.79. The zero-order valence-corrected chi connectivity index (χ0v) is 10.8. The number of rotatable bonds is 1. The van der Waals surface area contributed by atoms with Crippen molar-refractivity contribution in [2.75, 3.05) is 0 Å². The van der Waals surface area contributed by atoms with E-state index in [4.69, 9.17) is 10.5 Å². The van der Waals surface area contributed by atoms with Gasteiger partial charge in [0, 0.05) is 30.0 Å². The SMILES string of the molecule is CC(C)(C)OC(=O)n1c(CN)cc2cnccc21. The van der Waals surface area contributed by atoms with Crippen LogP contribution < -0.4 is 5.73 Å². The summed E-state index contributed by atoms with van der Waals surface area (Å²) in [5.74, 6) is 0. The van der Waals surface area contributed by atoms with Gasteiger partial charge in [0.2, 0.25) is 0 Å². The van der Waals surface area contributed by atoms with Gasteiger partial charge in [-0.2, -0.15) is 0 Å². The van der Waals surface area contributed by atoms with Gasteiger partial charge in [-0.1, -0.05) is 0 Å². The minimum atomic E-state index is -0.535. The van der Waals surface area contributed by atoms with Crippen molar-refractivity contribution in [3.63, 3.8) is 0 Å². The summed E-state index contributed by atoms with van der Waals surface area (Å²) < 4.78 is 6.88. The predicted molar refractivity (Wildman–Crippen MR) is 69.3 cm³/mol. The summed E-state index contributed by atoms with van der Waals surface area (Å²) in [6, 6.07) is 3.63. The summed E-state index contributed by atoms with van der Waals surface area (Å²) in [6.07, 6.45) is 2.93. The molecular weight excluding hydrogens is 230 g/mol. The highest BCUT2D eigenvalue weighted by Gasteiger charge is 2.21. The predicted octanol–water partition coefficient (Wildman–Crippen LogP) is 2.28. The van der Waals surface area contributed by atoms with Crippen LogP contribution in [0.25, 0.3) is 10.9 Å². The lowest BCUT2D eigenvalue weighted by molar-refractivity contribution is 0.0540. The highest BCUT2D eigenvalue weighted by Crippen LogP contribution is 2.20. The molecular formula is C13H17N3O2. The first kappa shape index (κ1) is 12.6. The van der Waals surface area contributed by atoms with Gasteiger partial charge in [-0.05, 0) is 32.9 Å². The Balaban J connectivity index is 2.51. The van der Waals surface area contributed by atoms with Crippen molar-refractivity contribution < 1.29 is 9.53 Å². The maximum atomic E-state index is 12.2. The Labute approximate surface area is 106 Å². The lowest BCUT2D eigenvalue weighted by atomic mass is 10.2. The van der Waals surface area contributed by atoms with E-state index in [1.54, 1.807) is 18.5 Å². The van der Waals surface area contributed by atoms with E-state index < -0.39 is 11.7 Å². The summed E-state index contributed by atoms with van der Waals surface area (Å²) >= 11 is 0. The van der Waals surface area contributed by atoms with Crippen LogP contribution in [0.3, 0.4) is 0 Å². The number of nitrogens with zero attached hydrogens (tertiary/aromatic N) is 2. The van der Waals surface area contributed by atoms with Gasteiger partial charge >= 0.3 is 6.09 Å². The molecule has 18 heavy (non-hydrogen) atoms. The molecule has 0 radical (unpaired) electrons. The average molecular weight is 247 g/mol. The number of nitrogens with two attached hydrogens (primary N) is 1. The van der Waals surface area contributed by atoms with Crippen molar-refractivity contribution in [3.8, 4) is 0 Å². The topological polar surface area (TPSA) is 70.1 Å². The molecule has 0 aliphatic heterocycles. The Hall–Kier alpha value is -1.88. The zero-order valence-electron chi connectivity index (χ0n) is 10.8. The summed E-state index contributed by atoms with van der Waals surface area (Å²) in [5, 5.41) is 0.879. The molecule has 5 nitrogen and oxygen atoms in total. The first-order valence-electron chi connectivity index (χ1n) is 5.80. The van der Waals surface area contributed by atoms with Crippen molar-refractivity contribution in [1.82, 2.24) is 9.55 Å². The van der Waals surface area contributed by atoms with Crippen LogP contribution in [0, 0.1) is 0 Å². The smallest absolute Gasteiger partial charge is 0.419 e. The Bertz CT molecular complexity index is 581. The Morgan fingerprint density at radius 3 is 2.83 bits per heavy atom. The fraction of sp³-hybridized carbons (Fsp3) is 0.385. The highest BCUT2D eigenvalue weighted by molar-refractivity contribution is 5.90. The van der Waals surface area contributed by atoms with Crippen molar-refractivity contribution in [2.45, 2.75) is 32.9 Å². The monoisotopic (exact) mass is 247 g/mol. The van der Waals surface area contributed by atoms with Gasteiger partial charge in [-0.3, -0.25) is 4.98 Å². The Kier molecular flexibility index (Phi) is 3.09. The molecule has 96 valence electrons. The number of pyridine rings is 1. The number of fused-ring (bicyclic) bond motifs is 1. The Morgan fingerprint density at radius 2 is 2.22 bits per heavy atom. The van der Waals surface area contributed by atoms with Crippen molar-refractivity contribution in [2.24, 2.45) is 5.73 Å². The summed E-state index contributed by atoms with van der Waals surface area (Å²) in [5.41, 5.74) is 6.61. The Morgan fingerprint density at radius 1 is 1.50 bits per heavy atom. The van der Waals surface area contributed by atoms with Gasteiger partial charge in [0.1, 0.15) is 5.60 Å². The third kappa shape index (κ3) is 2.36. The van der Waals surface area contributed by atoms with E-state index in [1.807, 2.05) is 26.8 Å². The molecule has 0 spiro atoms. The summed E-state index contributed by atoms with van der Waals surface area (Å²) in [4.78, 5) is 16.2. The molecule has 0 aliphatic carbocycles. The maximum absolute atomic E-state index is 12.2. The molecule has 0 bridgehead atoms. The number of hydrogen-bond donors (Lipinski definition) is 1.